The lowest BCUT2D eigenvalue weighted by molar-refractivity contribution is 0.199. The number of nitrogens with zero attached hydrogens (tertiary/aromatic N) is 1. The smallest absolute Gasteiger partial charge is 0.242 e. The van der Waals surface area contributed by atoms with Crippen LogP contribution < -0.4 is 10.0 Å². The molecular weight excluding hydrogens is 278 g/mol. The molecule has 0 aliphatic rings. The average molecular weight is 294 g/mol. The van der Waals surface area contributed by atoms with Crippen LogP contribution in [0.1, 0.15) is 0 Å². The maximum atomic E-state index is 11.8. The first kappa shape index (κ1) is 15.3. The van der Waals surface area contributed by atoms with Gasteiger partial charge in [0, 0.05) is 39.1 Å². The molecule has 2 N–H and O–H groups in total. The molecule has 0 aliphatic carbocycles. The van der Waals surface area contributed by atoms with Gasteiger partial charge in [0.1, 0.15) is 4.90 Å². The Morgan fingerprint density at radius 2 is 2.11 bits per heavy atom. The van der Waals surface area contributed by atoms with Gasteiger partial charge in [0.2, 0.25) is 10.0 Å². The van der Waals surface area contributed by atoms with Gasteiger partial charge >= 0.3 is 0 Å². The van der Waals surface area contributed by atoms with Crippen LogP contribution in [-0.2, 0) is 14.8 Å². The highest BCUT2D eigenvalue weighted by Crippen LogP contribution is 2.12. The quantitative estimate of drug-likeness (QED) is 0.672. The second kappa shape index (κ2) is 7.65. The van der Waals surface area contributed by atoms with E-state index in [9.17, 15) is 8.42 Å². The van der Waals surface area contributed by atoms with Crippen molar-refractivity contribution < 1.29 is 13.2 Å². The third-order valence-electron chi connectivity index (χ3n) is 2.07. The Hall–Kier alpha value is -0.730. The zero-order valence-electron chi connectivity index (χ0n) is 10.0. The van der Waals surface area contributed by atoms with Crippen molar-refractivity contribution in [3.05, 3.63) is 23.5 Å². The van der Waals surface area contributed by atoms with E-state index in [0.717, 1.165) is 0 Å². The summed E-state index contributed by atoms with van der Waals surface area (Å²) in [5, 5.41) is 3.32. The summed E-state index contributed by atoms with van der Waals surface area (Å²) in [6.07, 6.45) is 2.64. The molecule has 18 heavy (non-hydrogen) atoms. The van der Waals surface area contributed by atoms with E-state index in [4.69, 9.17) is 16.3 Å². The van der Waals surface area contributed by atoms with E-state index in [2.05, 4.69) is 15.0 Å². The molecular formula is C10H16ClN3O3S. The molecule has 0 fully saturated rings. The molecule has 102 valence electrons. The van der Waals surface area contributed by atoms with Crippen molar-refractivity contribution in [3.63, 3.8) is 0 Å². The van der Waals surface area contributed by atoms with Crippen molar-refractivity contribution in [1.29, 1.82) is 0 Å². The largest absolute Gasteiger partial charge is 0.383 e. The van der Waals surface area contributed by atoms with Gasteiger partial charge in [-0.3, -0.25) is 4.98 Å². The molecule has 0 unspecified atom stereocenters. The van der Waals surface area contributed by atoms with Crippen LogP contribution in [0.25, 0.3) is 0 Å². The second-order valence-electron chi connectivity index (χ2n) is 3.48. The fraction of sp³-hybridized carbons (Fsp3) is 0.500. The summed E-state index contributed by atoms with van der Waals surface area (Å²) in [5.74, 6) is 0. The highest BCUT2D eigenvalue weighted by atomic mass is 35.5. The lowest BCUT2D eigenvalue weighted by Crippen LogP contribution is -2.33. The van der Waals surface area contributed by atoms with Crippen LogP contribution in [-0.4, -0.2) is 46.8 Å². The summed E-state index contributed by atoms with van der Waals surface area (Å²) >= 11 is 5.69. The minimum absolute atomic E-state index is 0.0619. The lowest BCUT2D eigenvalue weighted by atomic mass is 10.5. The third-order valence-corrected chi connectivity index (χ3v) is 3.70. The topological polar surface area (TPSA) is 80.3 Å². The molecule has 6 nitrogen and oxygen atoms in total. The Balaban J connectivity index is 2.41. The normalized spacial score (nSPS) is 11.7. The van der Waals surface area contributed by atoms with Crippen molar-refractivity contribution in [1.82, 2.24) is 15.0 Å². The van der Waals surface area contributed by atoms with Crippen molar-refractivity contribution in [2.75, 3.05) is 33.4 Å². The number of pyridine rings is 1. The monoisotopic (exact) mass is 293 g/mol. The Kier molecular flexibility index (Phi) is 6.51. The standard InChI is InChI=1S/C10H16ClN3O3S/c1-17-5-4-12-2-3-14-18(15,16)10-6-9(11)7-13-8-10/h6-8,12,14H,2-5H2,1H3. The molecule has 1 aromatic heterocycles. The average Bonchev–Trinajstić information content (AvgIpc) is 2.33. The Labute approximate surface area is 112 Å². The molecule has 1 heterocycles. The summed E-state index contributed by atoms with van der Waals surface area (Å²) in [5.41, 5.74) is 0. The molecule has 0 atom stereocenters. The van der Waals surface area contributed by atoms with E-state index in [-0.39, 0.29) is 9.92 Å². The first-order valence-corrected chi connectivity index (χ1v) is 7.22. The zero-order valence-corrected chi connectivity index (χ0v) is 11.6. The summed E-state index contributed by atoms with van der Waals surface area (Å²) < 4.78 is 30.9. The summed E-state index contributed by atoms with van der Waals surface area (Å²) in [6, 6.07) is 1.36. The predicted molar refractivity (Wildman–Crippen MR) is 69.2 cm³/mol. The summed E-state index contributed by atoms with van der Waals surface area (Å²) in [6.45, 7) is 2.08. The summed E-state index contributed by atoms with van der Waals surface area (Å²) in [7, 11) is -1.94. The number of ether oxygens (including phenoxy) is 1. The van der Waals surface area contributed by atoms with Gasteiger partial charge in [-0.1, -0.05) is 11.6 Å². The van der Waals surface area contributed by atoms with Crippen LogP contribution >= 0.6 is 11.6 Å². The van der Waals surface area contributed by atoms with Gasteiger partial charge in [-0.15, -0.1) is 0 Å². The number of methoxy groups -OCH3 is 1. The zero-order chi connectivity index (χ0) is 13.4. The number of aromatic nitrogens is 1. The molecule has 0 bridgehead atoms. The predicted octanol–water partition coefficient (Wildman–Crippen LogP) is 0.249. The van der Waals surface area contributed by atoms with Crippen molar-refractivity contribution in [3.8, 4) is 0 Å². The van der Waals surface area contributed by atoms with Crippen LogP contribution in [0, 0.1) is 0 Å². The number of halogens is 1. The number of hydrogen-bond acceptors (Lipinski definition) is 5. The van der Waals surface area contributed by atoms with Gasteiger partial charge in [-0.25, -0.2) is 13.1 Å². The highest BCUT2D eigenvalue weighted by Gasteiger charge is 2.13. The number of rotatable bonds is 8. The Morgan fingerprint density at radius 1 is 1.33 bits per heavy atom. The van der Waals surface area contributed by atoms with E-state index in [1.165, 1.54) is 18.5 Å². The molecule has 0 saturated carbocycles. The van der Waals surface area contributed by atoms with Crippen molar-refractivity contribution in [2.24, 2.45) is 0 Å². The van der Waals surface area contributed by atoms with E-state index in [1.807, 2.05) is 0 Å². The van der Waals surface area contributed by atoms with E-state index in [1.54, 1.807) is 7.11 Å². The Bertz CT molecular complexity index is 467. The molecule has 0 saturated heterocycles. The number of sulfonamides is 1. The van der Waals surface area contributed by atoms with Gasteiger partial charge in [-0.05, 0) is 6.07 Å². The van der Waals surface area contributed by atoms with Crippen LogP contribution in [0.3, 0.4) is 0 Å². The first-order valence-electron chi connectivity index (χ1n) is 5.36. The minimum atomic E-state index is -3.54. The molecule has 8 heteroatoms. The molecule has 0 radical (unpaired) electrons. The van der Waals surface area contributed by atoms with Gasteiger partial charge < -0.3 is 10.1 Å². The maximum Gasteiger partial charge on any atom is 0.242 e. The maximum absolute atomic E-state index is 11.8. The van der Waals surface area contributed by atoms with Crippen molar-refractivity contribution >= 4 is 21.6 Å². The Morgan fingerprint density at radius 3 is 2.78 bits per heavy atom. The van der Waals surface area contributed by atoms with Crippen LogP contribution in [0.4, 0.5) is 0 Å². The van der Waals surface area contributed by atoms with E-state index in [0.29, 0.717) is 26.2 Å². The molecule has 0 amide bonds. The van der Waals surface area contributed by atoms with E-state index >= 15 is 0 Å². The molecule has 0 spiro atoms. The van der Waals surface area contributed by atoms with Crippen LogP contribution in [0.5, 0.6) is 0 Å². The van der Waals surface area contributed by atoms with E-state index < -0.39 is 10.0 Å². The molecule has 1 rings (SSSR count). The van der Waals surface area contributed by atoms with Gasteiger partial charge in [0.25, 0.3) is 0 Å². The van der Waals surface area contributed by atoms with Gasteiger partial charge in [0.05, 0.1) is 11.6 Å². The SMILES string of the molecule is COCCNCCNS(=O)(=O)c1cncc(Cl)c1. The summed E-state index contributed by atoms with van der Waals surface area (Å²) in [4.78, 5) is 3.80. The number of nitrogens with one attached hydrogen (secondary N) is 2. The van der Waals surface area contributed by atoms with Crippen LogP contribution in [0.2, 0.25) is 5.02 Å². The fourth-order valence-corrected chi connectivity index (χ4v) is 2.45. The first-order chi connectivity index (χ1) is 8.56. The fourth-order valence-electron chi connectivity index (χ4n) is 1.20. The lowest BCUT2D eigenvalue weighted by Gasteiger charge is -2.07. The van der Waals surface area contributed by atoms with Crippen LogP contribution in [0.15, 0.2) is 23.4 Å². The second-order valence-corrected chi connectivity index (χ2v) is 5.68. The number of hydrogen-bond donors (Lipinski definition) is 2. The molecule has 0 aromatic carbocycles. The minimum Gasteiger partial charge on any atom is -0.383 e. The molecule has 0 aliphatic heterocycles. The van der Waals surface area contributed by atoms with Gasteiger partial charge in [0.15, 0.2) is 0 Å². The highest BCUT2D eigenvalue weighted by molar-refractivity contribution is 7.89. The third kappa shape index (κ3) is 5.28. The van der Waals surface area contributed by atoms with Crippen molar-refractivity contribution in [2.45, 2.75) is 4.90 Å². The van der Waals surface area contributed by atoms with Gasteiger partial charge in [-0.2, -0.15) is 0 Å². The molecule has 1 aromatic rings.